The lowest BCUT2D eigenvalue weighted by Crippen LogP contribution is -2.26. The Labute approximate surface area is 157 Å². The van der Waals surface area contributed by atoms with E-state index >= 15 is 0 Å². The van der Waals surface area contributed by atoms with Crippen LogP contribution in [0.15, 0.2) is 29.3 Å². The minimum absolute atomic E-state index is 0.319. The van der Waals surface area contributed by atoms with Gasteiger partial charge in [-0.25, -0.2) is 0 Å². The Hall–Kier alpha value is -1.98. The smallest absolute Gasteiger partial charge is 0.112 e. The summed E-state index contributed by atoms with van der Waals surface area (Å²) >= 11 is 7.66. The molecule has 0 radical (unpaired) electrons. The van der Waals surface area contributed by atoms with Crippen molar-refractivity contribution in [3.8, 4) is 0 Å². The lowest BCUT2D eigenvalue weighted by Gasteiger charge is -2.19. The number of hydrogen-bond donors (Lipinski definition) is 2. The van der Waals surface area contributed by atoms with Gasteiger partial charge in [0.15, 0.2) is 0 Å². The largest absolute Gasteiger partial charge is 0.291 e. The van der Waals surface area contributed by atoms with Crippen molar-refractivity contribution in [1.29, 1.82) is 10.8 Å². The first kappa shape index (κ1) is 17.8. The van der Waals surface area contributed by atoms with Crippen molar-refractivity contribution in [1.82, 2.24) is 0 Å². The molecule has 130 valence electrons. The topological polar surface area (TPSA) is 63.3 Å². The molecule has 0 bridgehead atoms. The molecule has 1 aliphatic rings. The molecule has 1 aromatic heterocycles. The summed E-state index contributed by atoms with van der Waals surface area (Å²) in [6.45, 7) is 5.86. The number of nitrogens with zero attached hydrogens (tertiary/aromatic N) is 2. The van der Waals surface area contributed by atoms with Gasteiger partial charge in [-0.2, -0.15) is 0 Å². The van der Waals surface area contributed by atoms with Gasteiger partial charge in [0.2, 0.25) is 0 Å². The number of rotatable bonds is 5. The van der Waals surface area contributed by atoms with Crippen LogP contribution in [0.2, 0.25) is 5.02 Å². The van der Waals surface area contributed by atoms with Crippen molar-refractivity contribution in [3.05, 3.63) is 50.9 Å². The standard InChI is InChI=1S/C19H21ClN4S/c1-11-12(2)25-19(24(10-21)13(3)22)17(11)18(23-16-8-9-16)14-4-6-15(20)7-5-14/h4-7,10,16,21-22H,8-9H2,1-3H3. The Morgan fingerprint density at radius 1 is 1.28 bits per heavy atom. The predicted octanol–water partition coefficient (Wildman–Crippen LogP) is 5.43. The Kier molecular flexibility index (Phi) is 5.06. The van der Waals surface area contributed by atoms with Gasteiger partial charge in [-0.15, -0.1) is 11.3 Å². The summed E-state index contributed by atoms with van der Waals surface area (Å²) in [5.74, 6) is 0.319. The monoisotopic (exact) mass is 372 g/mol. The number of halogens is 1. The number of aryl methyl sites for hydroxylation is 1. The van der Waals surface area contributed by atoms with E-state index in [0.29, 0.717) is 16.9 Å². The van der Waals surface area contributed by atoms with Crippen LogP contribution in [0.4, 0.5) is 5.00 Å². The van der Waals surface area contributed by atoms with Gasteiger partial charge in [-0.1, -0.05) is 23.7 Å². The summed E-state index contributed by atoms with van der Waals surface area (Å²) in [5, 5.41) is 17.3. The van der Waals surface area contributed by atoms with Crippen LogP contribution in [0.5, 0.6) is 0 Å². The molecular weight excluding hydrogens is 352 g/mol. The number of thiophene rings is 1. The van der Waals surface area contributed by atoms with Gasteiger partial charge in [0.05, 0.1) is 18.1 Å². The van der Waals surface area contributed by atoms with Crippen LogP contribution in [0, 0.1) is 24.7 Å². The van der Waals surface area contributed by atoms with Crippen LogP contribution < -0.4 is 4.90 Å². The van der Waals surface area contributed by atoms with Gasteiger partial charge in [0.25, 0.3) is 0 Å². The van der Waals surface area contributed by atoms with Crippen LogP contribution in [0.25, 0.3) is 0 Å². The third kappa shape index (κ3) is 3.67. The van der Waals surface area contributed by atoms with Gasteiger partial charge >= 0.3 is 0 Å². The third-order valence-corrected chi connectivity index (χ3v) is 5.75. The lowest BCUT2D eigenvalue weighted by atomic mass is 9.99. The zero-order valence-corrected chi connectivity index (χ0v) is 16.1. The number of aliphatic imine (C=N–C) groups is 1. The Morgan fingerprint density at radius 2 is 1.92 bits per heavy atom. The van der Waals surface area contributed by atoms with Crippen LogP contribution in [-0.4, -0.2) is 23.9 Å². The van der Waals surface area contributed by atoms with Crippen molar-refractivity contribution < 1.29 is 0 Å². The maximum absolute atomic E-state index is 8.02. The second kappa shape index (κ2) is 7.10. The molecule has 1 fully saturated rings. The molecule has 0 spiro atoms. The molecule has 0 unspecified atom stereocenters. The van der Waals surface area contributed by atoms with E-state index in [-0.39, 0.29) is 0 Å². The van der Waals surface area contributed by atoms with Gasteiger partial charge in [0.1, 0.15) is 10.8 Å². The van der Waals surface area contributed by atoms with E-state index in [4.69, 9.17) is 27.4 Å². The van der Waals surface area contributed by atoms with Crippen molar-refractivity contribution in [3.63, 3.8) is 0 Å². The number of amidine groups is 1. The molecule has 3 rings (SSSR count). The van der Waals surface area contributed by atoms with E-state index in [1.54, 1.807) is 23.2 Å². The maximum Gasteiger partial charge on any atom is 0.112 e. The van der Waals surface area contributed by atoms with E-state index < -0.39 is 0 Å². The number of anilines is 1. The maximum atomic E-state index is 8.02. The summed E-state index contributed by atoms with van der Waals surface area (Å²) in [4.78, 5) is 7.76. The normalized spacial score (nSPS) is 14.5. The average Bonchev–Trinajstić information content (AvgIpc) is 3.34. The lowest BCUT2D eigenvalue weighted by molar-refractivity contribution is 1.07. The van der Waals surface area contributed by atoms with E-state index in [2.05, 4.69) is 13.8 Å². The Bertz CT molecular complexity index is 847. The zero-order chi connectivity index (χ0) is 18.1. The highest BCUT2D eigenvalue weighted by atomic mass is 35.5. The Morgan fingerprint density at radius 3 is 2.44 bits per heavy atom. The fourth-order valence-corrected chi connectivity index (χ4v) is 3.95. The molecule has 1 aliphatic carbocycles. The number of hydrogen-bond acceptors (Lipinski definition) is 4. The first-order valence-electron chi connectivity index (χ1n) is 8.21. The molecular formula is C19H21ClN4S. The van der Waals surface area contributed by atoms with Crippen LogP contribution in [-0.2, 0) is 0 Å². The first-order valence-corrected chi connectivity index (χ1v) is 9.41. The molecule has 6 heteroatoms. The minimum Gasteiger partial charge on any atom is -0.291 e. The summed E-state index contributed by atoms with van der Waals surface area (Å²) in [6.07, 6.45) is 3.44. The van der Waals surface area contributed by atoms with E-state index in [9.17, 15) is 0 Å². The molecule has 1 heterocycles. The summed E-state index contributed by atoms with van der Waals surface area (Å²) in [6, 6.07) is 8.11. The van der Waals surface area contributed by atoms with Crippen molar-refractivity contribution in [2.75, 3.05) is 4.90 Å². The first-order chi connectivity index (χ1) is 11.9. The fraction of sp³-hybridized carbons (Fsp3) is 0.316. The molecule has 0 saturated heterocycles. The van der Waals surface area contributed by atoms with Gasteiger partial charge in [0, 0.05) is 21.0 Å². The highest BCUT2D eigenvalue weighted by Crippen LogP contribution is 2.38. The zero-order valence-electron chi connectivity index (χ0n) is 14.6. The molecule has 4 nitrogen and oxygen atoms in total. The second-order valence-corrected chi connectivity index (χ2v) is 7.90. The van der Waals surface area contributed by atoms with Gasteiger partial charge in [-0.3, -0.25) is 20.7 Å². The third-order valence-electron chi connectivity index (χ3n) is 4.29. The molecule has 0 aliphatic heterocycles. The van der Waals surface area contributed by atoms with Crippen LogP contribution in [0.3, 0.4) is 0 Å². The van der Waals surface area contributed by atoms with Gasteiger partial charge < -0.3 is 0 Å². The molecule has 0 atom stereocenters. The number of benzene rings is 1. The summed E-state index contributed by atoms with van der Waals surface area (Å²) in [7, 11) is 0. The van der Waals surface area contributed by atoms with E-state index in [1.807, 2.05) is 24.3 Å². The van der Waals surface area contributed by atoms with Crippen molar-refractivity contribution in [2.24, 2.45) is 4.99 Å². The van der Waals surface area contributed by atoms with Crippen LogP contribution in [0.1, 0.15) is 41.3 Å². The quantitative estimate of drug-likeness (QED) is 0.533. The Balaban J connectivity index is 2.21. The van der Waals surface area contributed by atoms with Gasteiger partial charge in [-0.05, 0) is 51.3 Å². The molecule has 0 amide bonds. The average molecular weight is 373 g/mol. The highest BCUT2D eigenvalue weighted by molar-refractivity contribution is 7.17. The molecule has 2 aromatic rings. The van der Waals surface area contributed by atoms with E-state index in [0.717, 1.165) is 40.2 Å². The summed E-state index contributed by atoms with van der Waals surface area (Å²) < 4.78 is 0. The molecule has 1 saturated carbocycles. The SMILES string of the molecule is CC(=N)N(C=N)c1sc(C)c(C)c1C(=NC1CC1)c1ccc(Cl)cc1. The fourth-order valence-electron chi connectivity index (χ4n) is 2.64. The highest BCUT2D eigenvalue weighted by Gasteiger charge is 2.27. The molecule has 25 heavy (non-hydrogen) atoms. The van der Waals surface area contributed by atoms with E-state index in [1.165, 1.54) is 11.2 Å². The molecule has 1 aromatic carbocycles. The number of nitrogens with one attached hydrogen (secondary N) is 2. The summed E-state index contributed by atoms with van der Waals surface area (Å²) in [5.41, 5.74) is 4.13. The van der Waals surface area contributed by atoms with Crippen molar-refractivity contribution >= 4 is 45.8 Å². The molecule has 2 N–H and O–H groups in total. The minimum atomic E-state index is 0.319. The predicted molar refractivity (Wildman–Crippen MR) is 109 cm³/mol. The van der Waals surface area contributed by atoms with Crippen LogP contribution >= 0.6 is 22.9 Å². The second-order valence-electron chi connectivity index (χ2n) is 6.26. The van der Waals surface area contributed by atoms with Crippen molar-refractivity contribution in [2.45, 2.75) is 39.7 Å².